The molecule has 0 aliphatic heterocycles. The summed E-state index contributed by atoms with van der Waals surface area (Å²) < 4.78 is 0. The van der Waals surface area contributed by atoms with E-state index in [4.69, 9.17) is 11.6 Å². The van der Waals surface area contributed by atoms with Gasteiger partial charge in [-0.15, -0.1) is 11.6 Å². The summed E-state index contributed by atoms with van der Waals surface area (Å²) in [6.07, 6.45) is 2.76. The third-order valence-electron chi connectivity index (χ3n) is 1.46. The maximum absolute atomic E-state index is 5.67. The summed E-state index contributed by atoms with van der Waals surface area (Å²) in [6.45, 7) is 2.08. The molecule has 1 nitrogen and oxygen atoms in total. The SMILES string of the molecule is CCc1ncccc1CCl.[Cl-].[H+]. The van der Waals surface area contributed by atoms with Crippen molar-refractivity contribution in [2.24, 2.45) is 0 Å². The Morgan fingerprint density at radius 3 is 2.82 bits per heavy atom. The summed E-state index contributed by atoms with van der Waals surface area (Å²) in [5.41, 5.74) is 2.25. The van der Waals surface area contributed by atoms with Crippen LogP contribution in [-0.4, -0.2) is 4.98 Å². The van der Waals surface area contributed by atoms with Crippen molar-refractivity contribution >= 4 is 11.6 Å². The smallest absolute Gasteiger partial charge is 1.00 e. The molecule has 0 aromatic carbocycles. The number of rotatable bonds is 2. The molecule has 62 valence electrons. The lowest BCUT2D eigenvalue weighted by molar-refractivity contribution is -0.00000213. The number of nitrogens with zero attached hydrogens (tertiary/aromatic N) is 1. The summed E-state index contributed by atoms with van der Waals surface area (Å²) >= 11 is 5.67. The third-order valence-corrected chi connectivity index (χ3v) is 1.75. The van der Waals surface area contributed by atoms with Crippen molar-refractivity contribution in [1.82, 2.24) is 4.98 Å². The molecule has 0 N–H and O–H groups in total. The van der Waals surface area contributed by atoms with Crippen LogP contribution in [0.15, 0.2) is 18.3 Å². The standard InChI is InChI=1S/C8H10ClN.ClH/c1-2-8-7(6-9)4-3-5-10-8;/h3-5H,2,6H2,1H3;1H. The quantitative estimate of drug-likeness (QED) is 0.575. The Kier molecular flexibility index (Phi) is 5.26. The van der Waals surface area contributed by atoms with Gasteiger partial charge in [-0.25, -0.2) is 0 Å². The first-order valence-corrected chi connectivity index (χ1v) is 3.90. The van der Waals surface area contributed by atoms with Gasteiger partial charge in [0.2, 0.25) is 0 Å². The van der Waals surface area contributed by atoms with E-state index < -0.39 is 0 Å². The van der Waals surface area contributed by atoms with E-state index >= 15 is 0 Å². The molecule has 1 aromatic rings. The van der Waals surface area contributed by atoms with Gasteiger partial charge in [0, 0.05) is 17.8 Å². The Bertz CT molecular complexity index is 195. The van der Waals surface area contributed by atoms with Gasteiger partial charge >= 0.3 is 1.43 Å². The highest BCUT2D eigenvalue weighted by atomic mass is 35.5. The number of hydrogen-bond donors (Lipinski definition) is 0. The number of pyridine rings is 1. The highest BCUT2D eigenvalue weighted by Gasteiger charge is 1.96. The normalized spacial score (nSPS) is 8.91. The minimum absolute atomic E-state index is 0. The fraction of sp³-hybridized carbons (Fsp3) is 0.375. The van der Waals surface area contributed by atoms with E-state index in [0.29, 0.717) is 5.88 Å². The lowest BCUT2D eigenvalue weighted by atomic mass is 10.2. The second kappa shape index (κ2) is 5.39. The average molecular weight is 192 g/mol. The average Bonchev–Trinajstić information content (AvgIpc) is 2.04. The maximum Gasteiger partial charge on any atom is 1.00 e. The van der Waals surface area contributed by atoms with E-state index in [9.17, 15) is 0 Å². The van der Waals surface area contributed by atoms with Crippen LogP contribution in [0.5, 0.6) is 0 Å². The lowest BCUT2D eigenvalue weighted by Crippen LogP contribution is -3.00. The second-order valence-electron chi connectivity index (χ2n) is 2.10. The van der Waals surface area contributed by atoms with Gasteiger partial charge in [-0.2, -0.15) is 0 Å². The molecule has 0 spiro atoms. The molecule has 0 aliphatic rings. The van der Waals surface area contributed by atoms with Gasteiger partial charge in [-0.1, -0.05) is 13.0 Å². The van der Waals surface area contributed by atoms with E-state index in [2.05, 4.69) is 11.9 Å². The van der Waals surface area contributed by atoms with Crippen molar-refractivity contribution in [3.05, 3.63) is 29.6 Å². The molecule has 11 heavy (non-hydrogen) atoms. The Balaban J connectivity index is 0. The van der Waals surface area contributed by atoms with Gasteiger partial charge in [0.25, 0.3) is 0 Å². The Morgan fingerprint density at radius 2 is 2.36 bits per heavy atom. The van der Waals surface area contributed by atoms with Crippen molar-refractivity contribution in [1.29, 1.82) is 0 Å². The van der Waals surface area contributed by atoms with Crippen molar-refractivity contribution < 1.29 is 13.8 Å². The summed E-state index contributed by atoms with van der Waals surface area (Å²) in [4.78, 5) is 4.18. The third kappa shape index (κ3) is 2.68. The number of aromatic nitrogens is 1. The zero-order valence-electron chi connectivity index (χ0n) is 7.35. The molecule has 0 saturated carbocycles. The fourth-order valence-electron chi connectivity index (χ4n) is 0.911. The van der Waals surface area contributed by atoms with Crippen LogP contribution in [0.4, 0.5) is 0 Å². The topological polar surface area (TPSA) is 12.9 Å². The number of alkyl halides is 1. The zero-order valence-corrected chi connectivity index (χ0v) is 7.86. The van der Waals surface area contributed by atoms with E-state index in [1.165, 1.54) is 0 Å². The van der Waals surface area contributed by atoms with Crippen molar-refractivity contribution in [3.63, 3.8) is 0 Å². The highest BCUT2D eigenvalue weighted by Crippen LogP contribution is 2.07. The van der Waals surface area contributed by atoms with Crippen LogP contribution in [0, 0.1) is 0 Å². The molecular weight excluding hydrogens is 181 g/mol. The van der Waals surface area contributed by atoms with Gasteiger partial charge in [0.05, 0.1) is 0 Å². The Hall–Kier alpha value is -0.270. The predicted molar refractivity (Wildman–Crippen MR) is 44.3 cm³/mol. The first-order chi connectivity index (χ1) is 4.88. The molecule has 1 rings (SSSR count). The Labute approximate surface area is 79.7 Å². The number of aryl methyl sites for hydroxylation is 1. The van der Waals surface area contributed by atoms with Crippen LogP contribution in [0.3, 0.4) is 0 Å². The van der Waals surface area contributed by atoms with Gasteiger partial charge in [0.15, 0.2) is 0 Å². The largest absolute Gasteiger partial charge is 1.00 e. The monoisotopic (exact) mass is 191 g/mol. The lowest BCUT2D eigenvalue weighted by Gasteiger charge is -2.00. The van der Waals surface area contributed by atoms with Crippen LogP contribution >= 0.6 is 11.6 Å². The Morgan fingerprint density at radius 1 is 1.64 bits per heavy atom. The molecule has 0 aliphatic carbocycles. The van der Waals surface area contributed by atoms with E-state index in [1.807, 2.05) is 12.1 Å². The van der Waals surface area contributed by atoms with Gasteiger partial charge in [0.1, 0.15) is 0 Å². The molecule has 0 unspecified atom stereocenters. The molecule has 1 heterocycles. The molecule has 0 amide bonds. The molecule has 0 radical (unpaired) electrons. The molecule has 0 atom stereocenters. The second-order valence-corrected chi connectivity index (χ2v) is 2.36. The number of halogens is 2. The van der Waals surface area contributed by atoms with Crippen LogP contribution in [-0.2, 0) is 12.3 Å². The van der Waals surface area contributed by atoms with Crippen LogP contribution in [0.25, 0.3) is 0 Å². The molecule has 1 aromatic heterocycles. The molecule has 0 bridgehead atoms. The van der Waals surface area contributed by atoms with Crippen LogP contribution in [0.2, 0.25) is 0 Å². The van der Waals surface area contributed by atoms with Gasteiger partial charge < -0.3 is 12.4 Å². The summed E-state index contributed by atoms with van der Waals surface area (Å²) in [5, 5.41) is 0. The predicted octanol–water partition coefficient (Wildman–Crippen LogP) is -0.501. The van der Waals surface area contributed by atoms with Gasteiger partial charge in [-0.05, 0) is 18.1 Å². The molecule has 3 heteroatoms. The molecule has 0 fully saturated rings. The highest BCUT2D eigenvalue weighted by molar-refractivity contribution is 6.17. The van der Waals surface area contributed by atoms with Crippen molar-refractivity contribution in [2.45, 2.75) is 19.2 Å². The first kappa shape index (κ1) is 10.7. The van der Waals surface area contributed by atoms with Crippen molar-refractivity contribution in [2.75, 3.05) is 0 Å². The summed E-state index contributed by atoms with van der Waals surface area (Å²) in [7, 11) is 0. The summed E-state index contributed by atoms with van der Waals surface area (Å²) in [6, 6.07) is 3.93. The zero-order chi connectivity index (χ0) is 7.40. The maximum atomic E-state index is 5.67. The molecular formula is C8H11Cl2N. The minimum atomic E-state index is 0. The fourth-order valence-corrected chi connectivity index (χ4v) is 1.15. The number of hydrogen-bond acceptors (Lipinski definition) is 1. The van der Waals surface area contributed by atoms with E-state index in [-0.39, 0.29) is 13.8 Å². The minimum Gasteiger partial charge on any atom is -1.00 e. The first-order valence-electron chi connectivity index (χ1n) is 3.37. The van der Waals surface area contributed by atoms with E-state index in [0.717, 1.165) is 17.7 Å². The van der Waals surface area contributed by atoms with E-state index in [1.54, 1.807) is 6.20 Å². The van der Waals surface area contributed by atoms with Crippen LogP contribution < -0.4 is 12.4 Å². The van der Waals surface area contributed by atoms with Crippen LogP contribution in [0.1, 0.15) is 19.6 Å². The van der Waals surface area contributed by atoms with Crippen molar-refractivity contribution in [3.8, 4) is 0 Å². The summed E-state index contributed by atoms with van der Waals surface area (Å²) in [5.74, 6) is 0.566. The van der Waals surface area contributed by atoms with Gasteiger partial charge in [-0.3, -0.25) is 4.98 Å². The molecule has 0 saturated heterocycles.